The first kappa shape index (κ1) is 23.9. The highest BCUT2D eigenvalue weighted by atomic mass is 16.4. The Kier molecular flexibility index (Phi) is 9.80. The first-order chi connectivity index (χ1) is 14.5. The number of aliphatic hydroxyl groups is 1. The lowest BCUT2D eigenvalue weighted by molar-refractivity contribution is -0.142. The fraction of sp³-hybridized carbons (Fsp3) is 0.609. The summed E-state index contributed by atoms with van der Waals surface area (Å²) >= 11 is 0. The first-order valence-electron chi connectivity index (χ1n) is 10.9. The molecule has 0 spiro atoms. The molecule has 1 aliphatic rings. The number of hydrogen-bond donors (Lipinski definition) is 3. The summed E-state index contributed by atoms with van der Waals surface area (Å²) in [6.07, 6.45) is 4.82. The van der Waals surface area contributed by atoms with E-state index >= 15 is 0 Å². The number of nitrogens with one attached hydrogen (secondary N) is 1. The summed E-state index contributed by atoms with van der Waals surface area (Å²) in [7, 11) is 0. The van der Waals surface area contributed by atoms with E-state index in [2.05, 4.69) is 12.2 Å². The van der Waals surface area contributed by atoms with Gasteiger partial charge < -0.3 is 20.4 Å². The summed E-state index contributed by atoms with van der Waals surface area (Å²) in [5.41, 5.74) is 0.914. The van der Waals surface area contributed by atoms with Gasteiger partial charge in [-0.05, 0) is 24.8 Å². The molecule has 166 valence electrons. The van der Waals surface area contributed by atoms with E-state index < -0.39 is 17.9 Å². The number of carbonyl (C=O) groups is 3. The zero-order valence-corrected chi connectivity index (χ0v) is 17.8. The van der Waals surface area contributed by atoms with E-state index in [1.54, 1.807) is 4.90 Å². The second kappa shape index (κ2) is 12.3. The van der Waals surface area contributed by atoms with E-state index in [1.807, 2.05) is 30.3 Å². The van der Waals surface area contributed by atoms with Crippen molar-refractivity contribution in [2.45, 2.75) is 70.4 Å². The number of likely N-dealkylation sites (tertiary alicyclic amines) is 1. The predicted octanol–water partition coefficient (Wildman–Crippen LogP) is 2.37. The Hall–Kier alpha value is -2.41. The fourth-order valence-electron chi connectivity index (χ4n) is 4.03. The van der Waals surface area contributed by atoms with Crippen molar-refractivity contribution in [3.8, 4) is 0 Å². The van der Waals surface area contributed by atoms with Crippen molar-refractivity contribution in [2.75, 3.05) is 13.2 Å². The molecule has 3 atom stereocenters. The molecule has 2 amide bonds. The van der Waals surface area contributed by atoms with Crippen molar-refractivity contribution in [3.63, 3.8) is 0 Å². The summed E-state index contributed by atoms with van der Waals surface area (Å²) in [4.78, 5) is 39.1. The van der Waals surface area contributed by atoms with Crippen molar-refractivity contribution in [2.24, 2.45) is 5.92 Å². The lowest BCUT2D eigenvalue weighted by Gasteiger charge is -2.29. The minimum atomic E-state index is -1.02. The summed E-state index contributed by atoms with van der Waals surface area (Å²) in [6.45, 7) is 2.51. The monoisotopic (exact) mass is 418 g/mol. The number of carbonyl (C=O) groups excluding carboxylic acids is 2. The van der Waals surface area contributed by atoms with Crippen LogP contribution in [0.5, 0.6) is 0 Å². The summed E-state index contributed by atoms with van der Waals surface area (Å²) < 4.78 is 0. The number of aliphatic carboxylic acids is 1. The largest absolute Gasteiger partial charge is 0.481 e. The van der Waals surface area contributed by atoms with Crippen LogP contribution in [-0.4, -0.2) is 58.1 Å². The third-order valence-corrected chi connectivity index (χ3v) is 5.72. The normalized spacial score (nSPS) is 18.1. The van der Waals surface area contributed by atoms with Crippen LogP contribution in [0.2, 0.25) is 0 Å². The Morgan fingerprint density at radius 2 is 1.93 bits per heavy atom. The lowest BCUT2D eigenvalue weighted by atomic mass is 9.95. The predicted molar refractivity (Wildman–Crippen MR) is 114 cm³/mol. The van der Waals surface area contributed by atoms with Gasteiger partial charge in [0.05, 0.1) is 19.1 Å². The van der Waals surface area contributed by atoms with Gasteiger partial charge in [0.25, 0.3) is 0 Å². The third kappa shape index (κ3) is 7.13. The molecule has 0 radical (unpaired) electrons. The maximum absolute atomic E-state index is 13.2. The number of benzene rings is 1. The van der Waals surface area contributed by atoms with Crippen LogP contribution >= 0.6 is 0 Å². The summed E-state index contributed by atoms with van der Waals surface area (Å²) in [5.74, 6) is -2.28. The van der Waals surface area contributed by atoms with Crippen LogP contribution in [0.1, 0.15) is 57.4 Å². The number of rotatable bonds is 12. The molecule has 1 aromatic carbocycles. The van der Waals surface area contributed by atoms with Crippen molar-refractivity contribution in [1.82, 2.24) is 10.2 Å². The minimum absolute atomic E-state index is 0.101. The molecular weight excluding hydrogens is 384 g/mol. The molecule has 7 heteroatoms. The van der Waals surface area contributed by atoms with Gasteiger partial charge in [0.1, 0.15) is 6.04 Å². The molecule has 1 aliphatic heterocycles. The Labute approximate surface area is 178 Å². The molecule has 1 aromatic rings. The Bertz CT molecular complexity index is 694. The fourth-order valence-corrected chi connectivity index (χ4v) is 4.03. The molecule has 0 aromatic heterocycles. The number of unbranched alkanes of at least 4 members (excludes halogenated alkanes) is 2. The highest BCUT2D eigenvalue weighted by molar-refractivity contribution is 5.90. The zero-order valence-electron chi connectivity index (χ0n) is 17.8. The summed E-state index contributed by atoms with van der Waals surface area (Å²) in [6, 6.07) is 8.43. The minimum Gasteiger partial charge on any atom is -0.481 e. The second-order valence-electron chi connectivity index (χ2n) is 8.05. The maximum Gasteiger partial charge on any atom is 0.304 e. The van der Waals surface area contributed by atoms with Gasteiger partial charge in [0.15, 0.2) is 0 Å². The van der Waals surface area contributed by atoms with E-state index in [0.717, 1.165) is 37.7 Å². The van der Waals surface area contributed by atoms with Crippen LogP contribution in [0, 0.1) is 5.92 Å². The average Bonchev–Trinajstić information content (AvgIpc) is 3.21. The molecule has 1 heterocycles. The molecule has 0 unspecified atom stereocenters. The average molecular weight is 419 g/mol. The Morgan fingerprint density at radius 3 is 2.57 bits per heavy atom. The van der Waals surface area contributed by atoms with Gasteiger partial charge in [-0.25, -0.2) is 0 Å². The molecule has 30 heavy (non-hydrogen) atoms. The van der Waals surface area contributed by atoms with Gasteiger partial charge in [-0.15, -0.1) is 0 Å². The molecular formula is C23H34N2O5. The number of hydrogen-bond acceptors (Lipinski definition) is 4. The van der Waals surface area contributed by atoms with Gasteiger partial charge in [-0.3, -0.25) is 14.4 Å². The number of amides is 2. The second-order valence-corrected chi connectivity index (χ2v) is 8.05. The summed E-state index contributed by atoms with van der Waals surface area (Å²) in [5, 5.41) is 21.7. The topological polar surface area (TPSA) is 107 Å². The standard InChI is InChI=1S/C23H34N2O5/c1-2-3-5-11-18(15-21(27)28)22(29)24-20(14-17-9-6-4-7-10-17)23(30)25-13-8-12-19(25)16-26/h4,6-7,9-10,18-20,26H,2-3,5,8,11-16H2,1H3,(H,24,29)(H,27,28)/t18-,19-,20-/m0/s1. The molecule has 0 saturated carbocycles. The lowest BCUT2D eigenvalue weighted by Crippen LogP contribution is -2.53. The molecule has 0 aliphatic carbocycles. The van der Waals surface area contributed by atoms with E-state index in [4.69, 9.17) is 0 Å². The number of carboxylic acid groups (broad SMARTS) is 1. The molecule has 2 rings (SSSR count). The number of carboxylic acids is 1. The molecule has 0 bridgehead atoms. The SMILES string of the molecule is CCCCC[C@@H](CC(=O)O)C(=O)N[C@@H](Cc1ccccc1)C(=O)N1CCC[C@H]1CO. The van der Waals surface area contributed by atoms with Crippen molar-refractivity contribution >= 4 is 17.8 Å². The molecule has 7 nitrogen and oxygen atoms in total. The van der Waals surface area contributed by atoms with Crippen LogP contribution in [0.25, 0.3) is 0 Å². The van der Waals surface area contributed by atoms with Gasteiger partial charge in [0.2, 0.25) is 11.8 Å². The van der Waals surface area contributed by atoms with Crippen LogP contribution in [0.15, 0.2) is 30.3 Å². The van der Waals surface area contributed by atoms with Crippen LogP contribution in [0.3, 0.4) is 0 Å². The molecule has 3 N–H and O–H groups in total. The number of nitrogens with zero attached hydrogens (tertiary/aromatic N) is 1. The van der Waals surface area contributed by atoms with Crippen molar-refractivity contribution in [3.05, 3.63) is 35.9 Å². The van der Waals surface area contributed by atoms with E-state index in [9.17, 15) is 24.6 Å². The van der Waals surface area contributed by atoms with Gasteiger partial charge in [-0.1, -0.05) is 56.5 Å². The van der Waals surface area contributed by atoms with Crippen molar-refractivity contribution < 1.29 is 24.6 Å². The van der Waals surface area contributed by atoms with Crippen LogP contribution in [0.4, 0.5) is 0 Å². The van der Waals surface area contributed by atoms with E-state index in [-0.39, 0.29) is 30.9 Å². The molecule has 1 fully saturated rings. The van der Waals surface area contributed by atoms with Gasteiger partial charge in [0, 0.05) is 18.9 Å². The van der Waals surface area contributed by atoms with Gasteiger partial charge in [-0.2, -0.15) is 0 Å². The number of aliphatic hydroxyl groups excluding tert-OH is 1. The highest BCUT2D eigenvalue weighted by Crippen LogP contribution is 2.20. The Morgan fingerprint density at radius 1 is 1.20 bits per heavy atom. The van der Waals surface area contributed by atoms with Crippen LogP contribution < -0.4 is 5.32 Å². The van der Waals surface area contributed by atoms with Gasteiger partial charge >= 0.3 is 5.97 Å². The maximum atomic E-state index is 13.2. The zero-order chi connectivity index (χ0) is 21.9. The van der Waals surface area contributed by atoms with Crippen LogP contribution in [-0.2, 0) is 20.8 Å². The van der Waals surface area contributed by atoms with E-state index in [0.29, 0.717) is 19.4 Å². The van der Waals surface area contributed by atoms with Crippen molar-refractivity contribution in [1.29, 1.82) is 0 Å². The third-order valence-electron chi connectivity index (χ3n) is 5.72. The quantitative estimate of drug-likeness (QED) is 0.452. The smallest absolute Gasteiger partial charge is 0.304 e. The Balaban J connectivity index is 2.16. The van der Waals surface area contributed by atoms with E-state index in [1.165, 1.54) is 0 Å². The molecule has 1 saturated heterocycles. The first-order valence-corrected chi connectivity index (χ1v) is 10.9. The highest BCUT2D eigenvalue weighted by Gasteiger charge is 2.34.